The summed E-state index contributed by atoms with van der Waals surface area (Å²) >= 11 is 0. The lowest BCUT2D eigenvalue weighted by Crippen LogP contribution is -2.11. The van der Waals surface area contributed by atoms with E-state index in [2.05, 4.69) is 0 Å². The maximum atomic E-state index is 11.8. The predicted octanol–water partition coefficient (Wildman–Crippen LogP) is 3.00. The van der Waals surface area contributed by atoms with Crippen LogP contribution in [0.15, 0.2) is 48.5 Å². The largest absolute Gasteiger partial charge is 0.493 e. The molecule has 0 aliphatic rings. The fourth-order valence-corrected chi connectivity index (χ4v) is 2.33. The normalized spacial score (nSPS) is 11.8. The molecule has 2 aromatic carbocycles. The van der Waals surface area contributed by atoms with E-state index in [0.717, 1.165) is 5.56 Å². The smallest absolute Gasteiger partial charge is 0.330 e. The zero-order valence-corrected chi connectivity index (χ0v) is 15.0. The second kappa shape index (κ2) is 9.48. The van der Waals surface area contributed by atoms with Crippen LogP contribution in [0.1, 0.15) is 17.2 Å². The van der Waals surface area contributed by atoms with Gasteiger partial charge in [-0.15, -0.1) is 0 Å². The van der Waals surface area contributed by atoms with E-state index in [1.807, 2.05) is 30.3 Å². The Bertz CT molecular complexity index is 729. The van der Waals surface area contributed by atoms with Crippen molar-refractivity contribution in [2.45, 2.75) is 6.10 Å². The predicted molar refractivity (Wildman–Crippen MR) is 97.5 cm³/mol. The van der Waals surface area contributed by atoms with Gasteiger partial charge in [-0.25, -0.2) is 4.79 Å². The number of hydrogen-bond donors (Lipinski definition) is 1. The fraction of sp³-hybridized carbons (Fsp3) is 0.250. The number of benzene rings is 2. The van der Waals surface area contributed by atoms with Gasteiger partial charge in [-0.1, -0.05) is 30.3 Å². The van der Waals surface area contributed by atoms with Gasteiger partial charge in [0.05, 0.1) is 21.3 Å². The number of ether oxygens (including phenoxy) is 4. The van der Waals surface area contributed by atoms with Crippen LogP contribution in [-0.4, -0.2) is 39.0 Å². The molecule has 0 heterocycles. The van der Waals surface area contributed by atoms with Crippen LogP contribution in [0.4, 0.5) is 0 Å². The highest BCUT2D eigenvalue weighted by Gasteiger charge is 2.18. The molecule has 0 spiro atoms. The number of aliphatic hydroxyl groups is 1. The molecule has 138 valence electrons. The molecule has 2 aromatic rings. The average molecular weight is 358 g/mol. The highest BCUT2D eigenvalue weighted by Crippen LogP contribution is 2.39. The molecule has 26 heavy (non-hydrogen) atoms. The van der Waals surface area contributed by atoms with Crippen LogP contribution in [0.5, 0.6) is 17.2 Å². The van der Waals surface area contributed by atoms with E-state index in [1.165, 1.54) is 27.4 Å². The van der Waals surface area contributed by atoms with Crippen LogP contribution in [0.25, 0.3) is 6.08 Å². The number of carbonyl (C=O) groups excluding carboxylic acids is 1. The Morgan fingerprint density at radius 2 is 1.65 bits per heavy atom. The molecule has 0 saturated heterocycles. The summed E-state index contributed by atoms with van der Waals surface area (Å²) in [6.07, 6.45) is 1.93. The Morgan fingerprint density at radius 1 is 1.04 bits per heavy atom. The van der Waals surface area contributed by atoms with Crippen molar-refractivity contribution in [1.82, 2.24) is 0 Å². The molecule has 6 heteroatoms. The topological polar surface area (TPSA) is 74.2 Å². The third kappa shape index (κ3) is 5.00. The van der Waals surface area contributed by atoms with Crippen molar-refractivity contribution >= 4 is 12.0 Å². The zero-order chi connectivity index (χ0) is 18.9. The van der Waals surface area contributed by atoms with Crippen molar-refractivity contribution in [3.63, 3.8) is 0 Å². The lowest BCUT2D eigenvalue weighted by Gasteiger charge is -2.17. The highest BCUT2D eigenvalue weighted by molar-refractivity contribution is 5.87. The summed E-state index contributed by atoms with van der Waals surface area (Å²) in [5.74, 6) is 0.710. The van der Waals surface area contributed by atoms with Gasteiger partial charge in [-0.3, -0.25) is 0 Å². The molecule has 2 rings (SSSR count). The van der Waals surface area contributed by atoms with Crippen LogP contribution in [0.2, 0.25) is 0 Å². The fourth-order valence-electron chi connectivity index (χ4n) is 2.33. The van der Waals surface area contributed by atoms with E-state index in [9.17, 15) is 9.90 Å². The van der Waals surface area contributed by atoms with Crippen molar-refractivity contribution in [2.24, 2.45) is 0 Å². The van der Waals surface area contributed by atoms with Gasteiger partial charge >= 0.3 is 5.97 Å². The molecule has 0 amide bonds. The molecule has 0 aliphatic carbocycles. The minimum Gasteiger partial charge on any atom is -0.493 e. The lowest BCUT2D eigenvalue weighted by atomic mass is 10.1. The van der Waals surface area contributed by atoms with Crippen LogP contribution in [-0.2, 0) is 9.53 Å². The maximum absolute atomic E-state index is 11.8. The maximum Gasteiger partial charge on any atom is 0.330 e. The molecular weight excluding hydrogens is 336 g/mol. The van der Waals surface area contributed by atoms with Crippen molar-refractivity contribution in [1.29, 1.82) is 0 Å². The quantitative estimate of drug-likeness (QED) is 0.578. The summed E-state index contributed by atoms with van der Waals surface area (Å²) in [6.45, 7) is -0.198. The van der Waals surface area contributed by atoms with E-state index in [1.54, 1.807) is 18.2 Å². The first-order valence-electron chi connectivity index (χ1n) is 7.97. The van der Waals surface area contributed by atoms with Crippen LogP contribution >= 0.6 is 0 Å². The van der Waals surface area contributed by atoms with Gasteiger partial charge in [0.2, 0.25) is 5.75 Å². The monoisotopic (exact) mass is 358 g/mol. The molecule has 0 unspecified atom stereocenters. The Balaban J connectivity index is 2.02. The summed E-state index contributed by atoms with van der Waals surface area (Å²) in [5, 5.41) is 10.3. The van der Waals surface area contributed by atoms with Gasteiger partial charge in [0.15, 0.2) is 11.5 Å². The molecule has 0 fully saturated rings. The molecular formula is C20H22O6. The van der Waals surface area contributed by atoms with Crippen LogP contribution in [0.3, 0.4) is 0 Å². The molecule has 0 bridgehead atoms. The van der Waals surface area contributed by atoms with Crippen molar-refractivity contribution in [3.8, 4) is 17.2 Å². The molecule has 0 radical (unpaired) electrons. The zero-order valence-electron chi connectivity index (χ0n) is 15.0. The van der Waals surface area contributed by atoms with Gasteiger partial charge in [0.25, 0.3) is 0 Å². The molecule has 1 N–H and O–H groups in total. The van der Waals surface area contributed by atoms with Gasteiger partial charge in [-0.05, 0) is 29.3 Å². The van der Waals surface area contributed by atoms with E-state index >= 15 is 0 Å². The first-order chi connectivity index (χ1) is 12.6. The van der Waals surface area contributed by atoms with Crippen molar-refractivity contribution in [2.75, 3.05) is 27.9 Å². The van der Waals surface area contributed by atoms with E-state index in [0.29, 0.717) is 22.8 Å². The van der Waals surface area contributed by atoms with Crippen molar-refractivity contribution in [3.05, 3.63) is 59.7 Å². The Kier molecular flexibility index (Phi) is 7.05. The number of hydrogen-bond acceptors (Lipinski definition) is 6. The second-order valence-corrected chi connectivity index (χ2v) is 5.35. The van der Waals surface area contributed by atoms with Crippen LogP contribution < -0.4 is 14.2 Å². The molecule has 6 nitrogen and oxygen atoms in total. The number of methoxy groups -OCH3 is 3. The summed E-state index contributed by atoms with van der Waals surface area (Å²) in [4.78, 5) is 11.8. The molecule has 1 atom stereocenters. The Hall–Kier alpha value is -2.99. The first kappa shape index (κ1) is 19.3. The van der Waals surface area contributed by atoms with Crippen LogP contribution in [0, 0.1) is 0 Å². The minimum atomic E-state index is -1.03. The third-order valence-electron chi connectivity index (χ3n) is 3.67. The number of esters is 1. The average Bonchev–Trinajstić information content (AvgIpc) is 2.69. The number of aliphatic hydroxyl groups excluding tert-OH is 1. The van der Waals surface area contributed by atoms with Gasteiger partial charge in [0, 0.05) is 6.08 Å². The number of rotatable bonds is 8. The summed E-state index contributed by atoms with van der Waals surface area (Å²) in [7, 11) is 4.47. The highest BCUT2D eigenvalue weighted by atomic mass is 16.5. The SMILES string of the molecule is COc1cc([C@H](O)COC(=O)/C=C/c2ccccc2)cc(OC)c1OC. The molecule has 0 aliphatic heterocycles. The summed E-state index contributed by atoms with van der Waals surface area (Å²) < 4.78 is 20.8. The Labute approximate surface area is 152 Å². The summed E-state index contributed by atoms with van der Waals surface area (Å²) in [6, 6.07) is 12.6. The first-order valence-corrected chi connectivity index (χ1v) is 7.97. The van der Waals surface area contributed by atoms with Gasteiger partial charge < -0.3 is 24.1 Å². The van der Waals surface area contributed by atoms with Gasteiger partial charge in [0.1, 0.15) is 12.7 Å². The van der Waals surface area contributed by atoms with E-state index in [4.69, 9.17) is 18.9 Å². The second-order valence-electron chi connectivity index (χ2n) is 5.35. The Morgan fingerprint density at radius 3 is 2.19 bits per heavy atom. The minimum absolute atomic E-state index is 0.198. The van der Waals surface area contributed by atoms with E-state index in [-0.39, 0.29) is 6.61 Å². The van der Waals surface area contributed by atoms with Gasteiger partial charge in [-0.2, -0.15) is 0 Å². The third-order valence-corrected chi connectivity index (χ3v) is 3.67. The number of carbonyl (C=O) groups is 1. The molecule has 0 saturated carbocycles. The summed E-state index contributed by atoms with van der Waals surface area (Å²) in [5.41, 5.74) is 1.37. The standard InChI is InChI=1S/C20H22O6/c1-23-17-11-15(12-18(24-2)20(17)25-3)16(21)13-26-19(22)10-9-14-7-5-4-6-8-14/h4-12,16,21H,13H2,1-3H3/b10-9+/t16-/m1/s1. The van der Waals surface area contributed by atoms with Crippen molar-refractivity contribution < 1.29 is 28.8 Å². The lowest BCUT2D eigenvalue weighted by molar-refractivity contribution is -0.140. The van der Waals surface area contributed by atoms with E-state index < -0.39 is 12.1 Å². The molecule has 0 aromatic heterocycles.